The van der Waals surface area contributed by atoms with Crippen LogP contribution in [0.4, 0.5) is 5.69 Å². The van der Waals surface area contributed by atoms with Gasteiger partial charge in [0.05, 0.1) is 5.69 Å². The fraction of sp³-hybridized carbons (Fsp3) is 0.417. The summed E-state index contributed by atoms with van der Waals surface area (Å²) in [6, 6.07) is 5.47. The molecule has 0 heterocycles. The fourth-order valence-electron chi connectivity index (χ4n) is 1.46. The molecule has 0 aliphatic heterocycles. The van der Waals surface area contributed by atoms with Gasteiger partial charge in [0.25, 0.3) is 0 Å². The van der Waals surface area contributed by atoms with Gasteiger partial charge in [-0.15, -0.1) is 0 Å². The molecule has 1 amide bonds. The van der Waals surface area contributed by atoms with E-state index in [1.165, 1.54) is 0 Å². The Labute approximate surface area is 110 Å². The molecule has 0 aromatic heterocycles. The molecule has 0 saturated carbocycles. The molecule has 0 N–H and O–H groups in total. The second-order valence-corrected chi connectivity index (χ2v) is 4.91. The van der Waals surface area contributed by atoms with E-state index < -0.39 is 0 Å². The van der Waals surface area contributed by atoms with E-state index in [1.54, 1.807) is 17.9 Å². The number of anilines is 1. The number of carbonyl (C=O) groups is 1. The summed E-state index contributed by atoms with van der Waals surface area (Å²) in [4.78, 5) is 13.3. The van der Waals surface area contributed by atoms with E-state index in [2.05, 4.69) is 22.9 Å². The average Bonchev–Trinajstić information content (AvgIpc) is 2.23. The first kappa shape index (κ1) is 13.5. The summed E-state index contributed by atoms with van der Waals surface area (Å²) in [5, 5.41) is 0.640. The van der Waals surface area contributed by atoms with E-state index in [-0.39, 0.29) is 5.91 Å². The standard InChI is InChI=1S/C12H15BrClNO/c1-3-4-7-15(9(2)16)12-8-10(14)5-6-11(12)13/h5-6,8H,3-4,7H2,1-2H3. The number of unbranched alkanes of at least 4 members (excludes halogenated alkanes) is 1. The normalized spacial score (nSPS) is 10.2. The topological polar surface area (TPSA) is 20.3 Å². The van der Waals surface area contributed by atoms with Crippen LogP contribution in [0, 0.1) is 0 Å². The highest BCUT2D eigenvalue weighted by Crippen LogP contribution is 2.29. The molecule has 0 unspecified atom stereocenters. The molecule has 2 nitrogen and oxygen atoms in total. The predicted molar refractivity (Wildman–Crippen MR) is 72.1 cm³/mol. The maximum absolute atomic E-state index is 11.6. The van der Waals surface area contributed by atoms with Crippen LogP contribution in [0.15, 0.2) is 22.7 Å². The van der Waals surface area contributed by atoms with Gasteiger partial charge in [-0.05, 0) is 40.5 Å². The molecule has 0 fully saturated rings. The van der Waals surface area contributed by atoms with Crippen LogP contribution >= 0.6 is 27.5 Å². The van der Waals surface area contributed by atoms with Gasteiger partial charge < -0.3 is 4.90 Å². The highest BCUT2D eigenvalue weighted by atomic mass is 79.9. The number of hydrogen-bond donors (Lipinski definition) is 0. The first-order valence-corrected chi connectivity index (χ1v) is 6.46. The highest BCUT2D eigenvalue weighted by Gasteiger charge is 2.14. The highest BCUT2D eigenvalue weighted by molar-refractivity contribution is 9.10. The fourth-order valence-corrected chi connectivity index (χ4v) is 2.08. The predicted octanol–water partition coefficient (Wildman–Crippen LogP) is 4.26. The van der Waals surface area contributed by atoms with E-state index in [0.29, 0.717) is 5.02 Å². The minimum Gasteiger partial charge on any atom is -0.311 e. The molecule has 0 saturated heterocycles. The van der Waals surface area contributed by atoms with E-state index in [1.807, 2.05) is 12.1 Å². The van der Waals surface area contributed by atoms with Crippen molar-refractivity contribution in [1.29, 1.82) is 0 Å². The second-order valence-electron chi connectivity index (χ2n) is 3.62. The van der Waals surface area contributed by atoms with Crippen molar-refractivity contribution in [3.63, 3.8) is 0 Å². The van der Waals surface area contributed by atoms with Gasteiger partial charge >= 0.3 is 0 Å². The van der Waals surface area contributed by atoms with Gasteiger partial charge in [0.2, 0.25) is 5.91 Å². The van der Waals surface area contributed by atoms with Crippen molar-refractivity contribution in [2.75, 3.05) is 11.4 Å². The van der Waals surface area contributed by atoms with Gasteiger partial charge in [0.15, 0.2) is 0 Å². The van der Waals surface area contributed by atoms with Gasteiger partial charge in [-0.2, -0.15) is 0 Å². The van der Waals surface area contributed by atoms with Crippen LogP contribution in [0.5, 0.6) is 0 Å². The summed E-state index contributed by atoms with van der Waals surface area (Å²) in [6.45, 7) is 4.40. The van der Waals surface area contributed by atoms with Gasteiger partial charge in [0, 0.05) is 23.0 Å². The zero-order valence-corrected chi connectivity index (χ0v) is 11.8. The smallest absolute Gasteiger partial charge is 0.223 e. The SMILES string of the molecule is CCCCN(C(C)=O)c1cc(Cl)ccc1Br. The number of benzene rings is 1. The summed E-state index contributed by atoms with van der Waals surface area (Å²) in [6.07, 6.45) is 2.04. The summed E-state index contributed by atoms with van der Waals surface area (Å²) in [7, 11) is 0. The minimum atomic E-state index is 0.0383. The van der Waals surface area contributed by atoms with E-state index in [0.717, 1.165) is 29.5 Å². The van der Waals surface area contributed by atoms with Crippen LogP contribution < -0.4 is 4.90 Å². The molecule has 0 radical (unpaired) electrons. The lowest BCUT2D eigenvalue weighted by Gasteiger charge is -2.22. The number of hydrogen-bond acceptors (Lipinski definition) is 1. The van der Waals surface area contributed by atoms with Gasteiger partial charge in [-0.3, -0.25) is 4.79 Å². The van der Waals surface area contributed by atoms with Crippen LogP contribution in [-0.2, 0) is 4.79 Å². The van der Waals surface area contributed by atoms with Crippen molar-refractivity contribution in [3.8, 4) is 0 Å². The van der Waals surface area contributed by atoms with Crippen molar-refractivity contribution in [2.24, 2.45) is 0 Å². The molecule has 88 valence electrons. The van der Waals surface area contributed by atoms with Crippen LogP contribution in [0.1, 0.15) is 26.7 Å². The van der Waals surface area contributed by atoms with E-state index >= 15 is 0 Å². The Morgan fingerprint density at radius 3 is 2.75 bits per heavy atom. The molecule has 0 aliphatic rings. The molecule has 0 bridgehead atoms. The van der Waals surface area contributed by atoms with Crippen LogP contribution in [0.3, 0.4) is 0 Å². The molecular weight excluding hydrogens is 289 g/mol. The third-order valence-electron chi connectivity index (χ3n) is 2.31. The zero-order chi connectivity index (χ0) is 12.1. The monoisotopic (exact) mass is 303 g/mol. The second kappa shape index (κ2) is 6.26. The van der Waals surface area contributed by atoms with Gasteiger partial charge in [0.1, 0.15) is 0 Å². The molecule has 4 heteroatoms. The number of nitrogens with zero attached hydrogens (tertiary/aromatic N) is 1. The van der Waals surface area contributed by atoms with Crippen LogP contribution in [-0.4, -0.2) is 12.5 Å². The molecule has 16 heavy (non-hydrogen) atoms. The summed E-state index contributed by atoms with van der Waals surface area (Å²) >= 11 is 9.38. The van der Waals surface area contributed by atoms with Gasteiger partial charge in [-0.1, -0.05) is 24.9 Å². The molecule has 1 rings (SSSR count). The molecule has 0 aliphatic carbocycles. The van der Waals surface area contributed by atoms with Crippen molar-refractivity contribution < 1.29 is 4.79 Å². The molecule has 1 aromatic rings. The molecular formula is C12H15BrClNO. The number of halogens is 2. The van der Waals surface area contributed by atoms with Crippen molar-refractivity contribution in [1.82, 2.24) is 0 Å². The number of rotatable bonds is 4. The van der Waals surface area contributed by atoms with Crippen molar-refractivity contribution in [2.45, 2.75) is 26.7 Å². The Hall–Kier alpha value is -0.540. The Balaban J connectivity index is 3.00. The Kier molecular flexibility index (Phi) is 5.29. The van der Waals surface area contributed by atoms with E-state index in [9.17, 15) is 4.79 Å². The van der Waals surface area contributed by atoms with Crippen molar-refractivity contribution >= 4 is 39.1 Å². The lowest BCUT2D eigenvalue weighted by molar-refractivity contribution is -0.116. The largest absolute Gasteiger partial charge is 0.311 e. The van der Waals surface area contributed by atoms with Gasteiger partial charge in [-0.25, -0.2) is 0 Å². The Morgan fingerprint density at radius 2 is 2.19 bits per heavy atom. The van der Waals surface area contributed by atoms with E-state index in [4.69, 9.17) is 11.6 Å². The summed E-state index contributed by atoms with van der Waals surface area (Å²) in [5.74, 6) is 0.0383. The Bertz CT molecular complexity index is 381. The summed E-state index contributed by atoms with van der Waals surface area (Å²) < 4.78 is 0.892. The van der Waals surface area contributed by atoms with Crippen molar-refractivity contribution in [3.05, 3.63) is 27.7 Å². The summed E-state index contributed by atoms with van der Waals surface area (Å²) in [5.41, 5.74) is 0.841. The molecule has 0 spiro atoms. The molecule has 0 atom stereocenters. The third kappa shape index (κ3) is 3.49. The number of carbonyl (C=O) groups excluding carboxylic acids is 1. The average molecular weight is 305 g/mol. The minimum absolute atomic E-state index is 0.0383. The third-order valence-corrected chi connectivity index (χ3v) is 3.22. The maximum atomic E-state index is 11.6. The Morgan fingerprint density at radius 1 is 1.50 bits per heavy atom. The van der Waals surface area contributed by atoms with Crippen LogP contribution in [0.25, 0.3) is 0 Å². The quantitative estimate of drug-likeness (QED) is 0.814. The number of amides is 1. The lowest BCUT2D eigenvalue weighted by Crippen LogP contribution is -2.29. The molecule has 1 aromatic carbocycles. The first-order chi connectivity index (χ1) is 7.56. The maximum Gasteiger partial charge on any atom is 0.223 e. The first-order valence-electron chi connectivity index (χ1n) is 5.29. The lowest BCUT2D eigenvalue weighted by atomic mass is 10.2. The van der Waals surface area contributed by atoms with Crippen LogP contribution in [0.2, 0.25) is 5.02 Å². The zero-order valence-electron chi connectivity index (χ0n) is 9.46.